The summed E-state index contributed by atoms with van der Waals surface area (Å²) in [6.45, 7) is 3.72. The topological polar surface area (TPSA) is 60.2 Å². The molecule has 2 aromatic rings. The van der Waals surface area contributed by atoms with Gasteiger partial charge in [-0.2, -0.15) is 4.98 Å². The molecule has 3 rings (SSSR count). The van der Waals surface area contributed by atoms with Gasteiger partial charge in [0, 0.05) is 6.42 Å². The standard InChI is InChI=1S/C16H21N3O2/c1-2-16(10-6-11-17-16)15-18-14(19-21-15)9-12-20-13-7-4-3-5-8-13/h3-5,7-8,17H,2,6,9-12H2,1H3. The van der Waals surface area contributed by atoms with Gasteiger partial charge in [0.1, 0.15) is 5.75 Å². The highest BCUT2D eigenvalue weighted by Gasteiger charge is 2.38. The Hall–Kier alpha value is -1.88. The number of aromatic nitrogens is 2. The highest BCUT2D eigenvalue weighted by molar-refractivity contribution is 5.20. The largest absolute Gasteiger partial charge is 0.493 e. The lowest BCUT2D eigenvalue weighted by molar-refractivity contribution is 0.248. The molecule has 0 amide bonds. The Morgan fingerprint density at radius 3 is 2.90 bits per heavy atom. The van der Waals surface area contributed by atoms with Gasteiger partial charge < -0.3 is 14.6 Å². The average Bonchev–Trinajstić information content (AvgIpc) is 3.18. The molecule has 5 nitrogen and oxygen atoms in total. The summed E-state index contributed by atoms with van der Waals surface area (Å²) in [5.41, 5.74) is -0.120. The first-order chi connectivity index (χ1) is 10.3. The van der Waals surface area contributed by atoms with Crippen molar-refractivity contribution in [1.82, 2.24) is 15.5 Å². The van der Waals surface area contributed by atoms with Crippen molar-refractivity contribution in [2.45, 2.75) is 38.1 Å². The third-order valence-electron chi connectivity index (χ3n) is 4.06. The van der Waals surface area contributed by atoms with Crippen molar-refractivity contribution in [2.24, 2.45) is 0 Å². The third-order valence-corrected chi connectivity index (χ3v) is 4.06. The molecule has 2 heterocycles. The molecule has 1 aliphatic heterocycles. The zero-order valence-corrected chi connectivity index (χ0v) is 12.3. The summed E-state index contributed by atoms with van der Waals surface area (Å²) in [5.74, 6) is 2.29. The maximum atomic E-state index is 5.66. The number of benzene rings is 1. The van der Waals surface area contributed by atoms with E-state index in [0.717, 1.165) is 37.4 Å². The minimum absolute atomic E-state index is 0.120. The minimum atomic E-state index is -0.120. The fourth-order valence-corrected chi connectivity index (χ4v) is 2.77. The Balaban J connectivity index is 1.58. The van der Waals surface area contributed by atoms with E-state index >= 15 is 0 Å². The predicted molar refractivity (Wildman–Crippen MR) is 79.1 cm³/mol. The molecule has 21 heavy (non-hydrogen) atoms. The second kappa shape index (κ2) is 6.26. The van der Waals surface area contributed by atoms with Gasteiger partial charge in [-0.15, -0.1) is 0 Å². The van der Waals surface area contributed by atoms with E-state index < -0.39 is 0 Å². The van der Waals surface area contributed by atoms with Gasteiger partial charge in [-0.05, 0) is 37.9 Å². The van der Waals surface area contributed by atoms with E-state index in [2.05, 4.69) is 22.4 Å². The molecule has 1 aromatic carbocycles. The summed E-state index contributed by atoms with van der Waals surface area (Å²) in [5, 5.41) is 7.58. The van der Waals surface area contributed by atoms with Gasteiger partial charge in [0.25, 0.3) is 0 Å². The van der Waals surface area contributed by atoms with Crippen LogP contribution in [0.4, 0.5) is 0 Å². The Kier molecular flexibility index (Phi) is 4.20. The molecule has 0 radical (unpaired) electrons. The Morgan fingerprint density at radius 2 is 2.19 bits per heavy atom. The molecule has 0 saturated carbocycles. The van der Waals surface area contributed by atoms with E-state index in [1.54, 1.807) is 0 Å². The highest BCUT2D eigenvalue weighted by Crippen LogP contribution is 2.32. The van der Waals surface area contributed by atoms with Crippen molar-refractivity contribution in [3.63, 3.8) is 0 Å². The number of ether oxygens (including phenoxy) is 1. The Labute approximate surface area is 124 Å². The van der Waals surface area contributed by atoms with E-state index in [-0.39, 0.29) is 5.54 Å². The van der Waals surface area contributed by atoms with E-state index in [0.29, 0.717) is 18.9 Å². The van der Waals surface area contributed by atoms with E-state index in [4.69, 9.17) is 9.26 Å². The van der Waals surface area contributed by atoms with Gasteiger partial charge in [-0.3, -0.25) is 0 Å². The molecule has 5 heteroatoms. The lowest BCUT2D eigenvalue weighted by atomic mass is 9.94. The van der Waals surface area contributed by atoms with Crippen LogP contribution < -0.4 is 10.1 Å². The minimum Gasteiger partial charge on any atom is -0.493 e. The maximum Gasteiger partial charge on any atom is 0.246 e. The SMILES string of the molecule is CCC1(c2nc(CCOc3ccccc3)no2)CCCN1. The van der Waals surface area contributed by atoms with Crippen LogP contribution in [0.25, 0.3) is 0 Å². The molecule has 0 spiro atoms. The van der Waals surface area contributed by atoms with Crippen LogP contribution in [0.5, 0.6) is 5.75 Å². The van der Waals surface area contributed by atoms with Crippen molar-refractivity contribution in [3.8, 4) is 5.75 Å². The van der Waals surface area contributed by atoms with Gasteiger partial charge in [0.15, 0.2) is 5.82 Å². The van der Waals surface area contributed by atoms with Crippen LogP contribution in [0, 0.1) is 0 Å². The van der Waals surface area contributed by atoms with Crippen molar-refractivity contribution >= 4 is 0 Å². The molecule has 0 aliphatic carbocycles. The third kappa shape index (κ3) is 3.08. The number of para-hydroxylation sites is 1. The molecule has 1 unspecified atom stereocenters. The fraction of sp³-hybridized carbons (Fsp3) is 0.500. The summed E-state index contributed by atoms with van der Waals surface area (Å²) in [6, 6.07) is 9.76. The second-order valence-corrected chi connectivity index (χ2v) is 5.39. The van der Waals surface area contributed by atoms with Crippen molar-refractivity contribution in [2.75, 3.05) is 13.2 Å². The van der Waals surface area contributed by atoms with E-state index in [1.807, 2.05) is 30.3 Å². The van der Waals surface area contributed by atoms with Crippen molar-refractivity contribution in [1.29, 1.82) is 0 Å². The highest BCUT2D eigenvalue weighted by atomic mass is 16.5. The Morgan fingerprint density at radius 1 is 1.33 bits per heavy atom. The van der Waals surface area contributed by atoms with Crippen LogP contribution >= 0.6 is 0 Å². The van der Waals surface area contributed by atoms with Crippen molar-refractivity contribution < 1.29 is 9.26 Å². The summed E-state index contributed by atoms with van der Waals surface area (Å²) >= 11 is 0. The van der Waals surface area contributed by atoms with Crippen LogP contribution in [-0.2, 0) is 12.0 Å². The second-order valence-electron chi connectivity index (χ2n) is 5.39. The first-order valence-electron chi connectivity index (χ1n) is 7.58. The molecule has 1 aliphatic rings. The summed E-state index contributed by atoms with van der Waals surface area (Å²) in [7, 11) is 0. The van der Waals surface area contributed by atoms with E-state index in [1.165, 1.54) is 0 Å². The molecule has 0 bridgehead atoms. The summed E-state index contributed by atoms with van der Waals surface area (Å²) in [6.07, 6.45) is 3.83. The molecular weight excluding hydrogens is 266 g/mol. The van der Waals surface area contributed by atoms with Gasteiger partial charge in [-0.1, -0.05) is 30.3 Å². The number of rotatable bonds is 6. The van der Waals surface area contributed by atoms with Crippen LogP contribution in [0.15, 0.2) is 34.9 Å². The lowest BCUT2D eigenvalue weighted by Gasteiger charge is -2.22. The fourth-order valence-electron chi connectivity index (χ4n) is 2.77. The van der Waals surface area contributed by atoms with Gasteiger partial charge >= 0.3 is 0 Å². The quantitative estimate of drug-likeness (QED) is 0.885. The number of hydrogen-bond donors (Lipinski definition) is 1. The molecule has 1 N–H and O–H groups in total. The molecule has 1 saturated heterocycles. The lowest BCUT2D eigenvalue weighted by Crippen LogP contribution is -2.36. The van der Waals surface area contributed by atoms with Gasteiger partial charge in [0.05, 0.1) is 12.1 Å². The number of nitrogens with one attached hydrogen (secondary N) is 1. The number of hydrogen-bond acceptors (Lipinski definition) is 5. The van der Waals surface area contributed by atoms with Crippen molar-refractivity contribution in [3.05, 3.63) is 42.0 Å². The Bertz CT molecular complexity index is 562. The van der Waals surface area contributed by atoms with E-state index in [9.17, 15) is 0 Å². The molecule has 1 fully saturated rings. The van der Waals surface area contributed by atoms with Crippen LogP contribution in [0.2, 0.25) is 0 Å². The summed E-state index contributed by atoms with van der Waals surface area (Å²) in [4.78, 5) is 4.55. The number of nitrogens with zero attached hydrogens (tertiary/aromatic N) is 2. The van der Waals surface area contributed by atoms with Crippen LogP contribution in [0.3, 0.4) is 0 Å². The summed E-state index contributed by atoms with van der Waals surface area (Å²) < 4.78 is 11.1. The average molecular weight is 287 g/mol. The molecule has 112 valence electrons. The zero-order valence-electron chi connectivity index (χ0n) is 12.3. The predicted octanol–water partition coefficient (Wildman–Crippen LogP) is 2.68. The monoisotopic (exact) mass is 287 g/mol. The molecular formula is C16H21N3O2. The normalized spacial score (nSPS) is 21.6. The zero-order chi connectivity index (χ0) is 14.5. The molecule has 1 atom stereocenters. The molecule has 1 aromatic heterocycles. The smallest absolute Gasteiger partial charge is 0.246 e. The van der Waals surface area contributed by atoms with Gasteiger partial charge in [0.2, 0.25) is 5.89 Å². The first-order valence-corrected chi connectivity index (χ1v) is 7.58. The van der Waals surface area contributed by atoms with Crippen LogP contribution in [-0.4, -0.2) is 23.3 Å². The maximum absolute atomic E-state index is 5.66. The first kappa shape index (κ1) is 14.1. The van der Waals surface area contributed by atoms with Gasteiger partial charge in [-0.25, -0.2) is 0 Å². The van der Waals surface area contributed by atoms with Crippen LogP contribution in [0.1, 0.15) is 37.9 Å².